The average molecular weight is 250 g/mol. The van der Waals surface area contributed by atoms with E-state index in [0.29, 0.717) is 0 Å². The fraction of sp³-hybridized carbons (Fsp3) is 0.733. The summed E-state index contributed by atoms with van der Waals surface area (Å²) in [6.07, 6.45) is 11.8. The zero-order valence-corrected chi connectivity index (χ0v) is 11.5. The van der Waals surface area contributed by atoms with Gasteiger partial charge < -0.3 is 14.6 Å². The number of nitrogens with zero attached hydrogens (tertiary/aromatic N) is 1. The molecule has 0 unspecified atom stereocenters. The van der Waals surface area contributed by atoms with Crippen LogP contribution in [0.1, 0.15) is 44.1 Å². The minimum absolute atomic E-state index is 0.790. The number of rotatable bonds is 7. The van der Waals surface area contributed by atoms with Gasteiger partial charge in [-0.2, -0.15) is 0 Å². The van der Waals surface area contributed by atoms with Crippen molar-refractivity contribution in [1.82, 2.24) is 10.2 Å². The topological polar surface area (TPSA) is 28.4 Å². The highest BCUT2D eigenvalue weighted by atomic mass is 16.3. The molecule has 0 radical (unpaired) electrons. The zero-order valence-electron chi connectivity index (χ0n) is 11.5. The highest BCUT2D eigenvalue weighted by molar-refractivity contribution is 5.04. The summed E-state index contributed by atoms with van der Waals surface area (Å²) in [6.45, 7) is 3.28. The van der Waals surface area contributed by atoms with E-state index in [9.17, 15) is 0 Å². The lowest BCUT2D eigenvalue weighted by atomic mass is 9.95. The normalized spacial score (nSPS) is 17.4. The number of furan rings is 1. The van der Waals surface area contributed by atoms with Crippen LogP contribution >= 0.6 is 0 Å². The summed E-state index contributed by atoms with van der Waals surface area (Å²) >= 11 is 0. The van der Waals surface area contributed by atoms with E-state index in [1.807, 2.05) is 12.3 Å². The van der Waals surface area contributed by atoms with Gasteiger partial charge in [-0.1, -0.05) is 19.3 Å². The lowest BCUT2D eigenvalue weighted by Crippen LogP contribution is -2.33. The average Bonchev–Trinajstić information content (AvgIpc) is 2.89. The van der Waals surface area contributed by atoms with Gasteiger partial charge in [-0.05, 0) is 45.5 Å². The first-order chi connectivity index (χ1) is 8.84. The second-order valence-corrected chi connectivity index (χ2v) is 5.51. The van der Waals surface area contributed by atoms with Gasteiger partial charge in [-0.25, -0.2) is 0 Å². The van der Waals surface area contributed by atoms with Crippen molar-refractivity contribution >= 4 is 0 Å². The third-order valence-corrected chi connectivity index (χ3v) is 3.79. The van der Waals surface area contributed by atoms with Crippen molar-refractivity contribution in [2.75, 3.05) is 20.1 Å². The Morgan fingerprint density at radius 1 is 1.33 bits per heavy atom. The maximum atomic E-state index is 5.08. The van der Waals surface area contributed by atoms with E-state index in [-0.39, 0.29) is 0 Å². The lowest BCUT2D eigenvalue weighted by Gasteiger charge is -2.23. The second kappa shape index (κ2) is 7.59. The van der Waals surface area contributed by atoms with Gasteiger partial charge in [-0.3, -0.25) is 0 Å². The molecule has 2 rings (SSSR count). The molecule has 0 amide bonds. The first-order valence-electron chi connectivity index (χ1n) is 7.27. The Balaban J connectivity index is 1.52. The molecule has 1 aromatic heterocycles. The van der Waals surface area contributed by atoms with Gasteiger partial charge in [0, 0.05) is 18.2 Å². The number of hydrogen-bond acceptors (Lipinski definition) is 3. The van der Waals surface area contributed by atoms with E-state index in [4.69, 9.17) is 4.42 Å². The standard InChI is InChI=1S/C15H26N2O/c1-17(12-14-8-11-18-13-14)10-5-9-16-15-6-3-2-4-7-15/h8,11,13,15-16H,2-7,9-10,12H2,1H3. The molecule has 1 aliphatic carbocycles. The number of hydrogen-bond donors (Lipinski definition) is 1. The molecule has 1 aromatic rings. The van der Waals surface area contributed by atoms with Crippen LogP contribution in [0.15, 0.2) is 23.0 Å². The molecule has 1 aliphatic rings. The monoisotopic (exact) mass is 250 g/mol. The predicted molar refractivity (Wildman–Crippen MR) is 74.5 cm³/mol. The summed E-state index contributed by atoms with van der Waals surface area (Å²) in [5, 5.41) is 3.69. The summed E-state index contributed by atoms with van der Waals surface area (Å²) in [6, 6.07) is 2.83. The third-order valence-electron chi connectivity index (χ3n) is 3.79. The Kier molecular flexibility index (Phi) is 5.75. The molecule has 3 heteroatoms. The first-order valence-corrected chi connectivity index (χ1v) is 7.27. The predicted octanol–water partition coefficient (Wildman–Crippen LogP) is 3.02. The van der Waals surface area contributed by atoms with Gasteiger partial charge in [0.25, 0.3) is 0 Å². The number of nitrogens with one attached hydrogen (secondary N) is 1. The van der Waals surface area contributed by atoms with E-state index < -0.39 is 0 Å². The van der Waals surface area contributed by atoms with Gasteiger partial charge in [0.1, 0.15) is 0 Å². The van der Waals surface area contributed by atoms with Crippen LogP contribution in [0.25, 0.3) is 0 Å². The minimum atomic E-state index is 0.790. The van der Waals surface area contributed by atoms with Crippen LogP contribution in [0.3, 0.4) is 0 Å². The van der Waals surface area contributed by atoms with Crippen molar-refractivity contribution in [3.63, 3.8) is 0 Å². The van der Waals surface area contributed by atoms with Gasteiger partial charge in [-0.15, -0.1) is 0 Å². The van der Waals surface area contributed by atoms with Gasteiger partial charge in [0.2, 0.25) is 0 Å². The van der Waals surface area contributed by atoms with Crippen LogP contribution in [-0.2, 0) is 6.54 Å². The maximum absolute atomic E-state index is 5.08. The summed E-state index contributed by atoms with van der Waals surface area (Å²) in [5.74, 6) is 0. The smallest absolute Gasteiger partial charge is 0.0947 e. The Morgan fingerprint density at radius 3 is 2.89 bits per heavy atom. The molecule has 0 bridgehead atoms. The van der Waals surface area contributed by atoms with E-state index in [2.05, 4.69) is 17.3 Å². The summed E-state index contributed by atoms with van der Waals surface area (Å²) in [7, 11) is 2.17. The lowest BCUT2D eigenvalue weighted by molar-refractivity contribution is 0.307. The molecule has 0 atom stereocenters. The van der Waals surface area contributed by atoms with E-state index in [0.717, 1.165) is 25.7 Å². The van der Waals surface area contributed by atoms with Crippen LogP contribution in [-0.4, -0.2) is 31.1 Å². The van der Waals surface area contributed by atoms with Crippen LogP contribution in [0.2, 0.25) is 0 Å². The molecule has 1 saturated carbocycles. The summed E-state index contributed by atoms with van der Waals surface area (Å²) in [5.41, 5.74) is 1.26. The van der Waals surface area contributed by atoms with E-state index in [1.165, 1.54) is 44.1 Å². The second-order valence-electron chi connectivity index (χ2n) is 5.51. The van der Waals surface area contributed by atoms with Crippen LogP contribution in [0.5, 0.6) is 0 Å². The molecule has 1 heterocycles. The molecule has 18 heavy (non-hydrogen) atoms. The third kappa shape index (κ3) is 4.83. The van der Waals surface area contributed by atoms with Crippen molar-refractivity contribution in [3.8, 4) is 0 Å². The molecule has 1 N–H and O–H groups in total. The Bertz CT molecular complexity index is 304. The van der Waals surface area contributed by atoms with Crippen LogP contribution < -0.4 is 5.32 Å². The van der Waals surface area contributed by atoms with Crippen LogP contribution in [0.4, 0.5) is 0 Å². The van der Waals surface area contributed by atoms with E-state index >= 15 is 0 Å². The van der Waals surface area contributed by atoms with Gasteiger partial charge >= 0.3 is 0 Å². The molecule has 1 fully saturated rings. The molecule has 102 valence electrons. The summed E-state index contributed by atoms with van der Waals surface area (Å²) < 4.78 is 5.08. The molecule has 0 saturated heterocycles. The molecule has 0 aromatic carbocycles. The molecule has 0 aliphatic heterocycles. The Morgan fingerprint density at radius 2 is 2.17 bits per heavy atom. The fourth-order valence-corrected chi connectivity index (χ4v) is 2.74. The SMILES string of the molecule is CN(CCCNC1CCCCC1)Cc1ccoc1. The largest absolute Gasteiger partial charge is 0.472 e. The van der Waals surface area contributed by atoms with Crippen molar-refractivity contribution in [1.29, 1.82) is 0 Å². The molecular formula is C15H26N2O. The van der Waals surface area contributed by atoms with Crippen molar-refractivity contribution in [2.45, 2.75) is 51.1 Å². The first kappa shape index (κ1) is 13.6. The summed E-state index contributed by atoms with van der Waals surface area (Å²) in [4.78, 5) is 2.35. The highest BCUT2D eigenvalue weighted by Gasteiger charge is 2.11. The highest BCUT2D eigenvalue weighted by Crippen LogP contribution is 2.17. The van der Waals surface area contributed by atoms with Crippen molar-refractivity contribution in [2.24, 2.45) is 0 Å². The quantitative estimate of drug-likeness (QED) is 0.754. The van der Waals surface area contributed by atoms with Crippen molar-refractivity contribution in [3.05, 3.63) is 24.2 Å². The minimum Gasteiger partial charge on any atom is -0.472 e. The van der Waals surface area contributed by atoms with Crippen LogP contribution in [0, 0.1) is 0 Å². The maximum Gasteiger partial charge on any atom is 0.0947 e. The van der Waals surface area contributed by atoms with Gasteiger partial charge in [0.15, 0.2) is 0 Å². The van der Waals surface area contributed by atoms with Gasteiger partial charge in [0.05, 0.1) is 12.5 Å². The van der Waals surface area contributed by atoms with Crippen molar-refractivity contribution < 1.29 is 4.42 Å². The van der Waals surface area contributed by atoms with E-state index in [1.54, 1.807) is 6.26 Å². The molecule has 3 nitrogen and oxygen atoms in total. The zero-order chi connectivity index (χ0) is 12.6. The Labute approximate surface area is 111 Å². The fourth-order valence-electron chi connectivity index (χ4n) is 2.74. The Hall–Kier alpha value is -0.800. The molecule has 0 spiro atoms. The molecular weight excluding hydrogens is 224 g/mol.